The maximum Gasteiger partial charge on any atom is 0.414 e. The molecule has 0 radical (unpaired) electrons. The lowest BCUT2D eigenvalue weighted by molar-refractivity contribution is -0.207. The highest BCUT2D eigenvalue weighted by molar-refractivity contribution is 7.13. The lowest BCUT2D eigenvalue weighted by Crippen LogP contribution is -2.49. The van der Waals surface area contributed by atoms with Crippen LogP contribution in [-0.4, -0.2) is 76.2 Å². The van der Waals surface area contributed by atoms with Gasteiger partial charge < -0.3 is 15.3 Å². The molecule has 42 heavy (non-hydrogen) atoms. The number of para-hydroxylation sites is 1. The number of pyridine rings is 1. The van der Waals surface area contributed by atoms with Crippen molar-refractivity contribution in [1.82, 2.24) is 20.1 Å². The van der Waals surface area contributed by atoms with Crippen LogP contribution in [0.1, 0.15) is 61.4 Å². The molecule has 1 saturated heterocycles. The predicted octanol–water partition coefficient (Wildman–Crippen LogP) is 5.62. The quantitative estimate of drug-likeness (QED) is 0.350. The van der Waals surface area contributed by atoms with E-state index in [1.54, 1.807) is 11.3 Å². The van der Waals surface area contributed by atoms with Gasteiger partial charge in [-0.1, -0.05) is 43.5 Å². The number of hydrogen-bond donors (Lipinski definition) is 2. The zero-order chi connectivity index (χ0) is 29.9. The normalized spacial score (nSPS) is 18.6. The SMILES string of the molecule is CC(NC(=O)c1c(CN2CCN(C(=O)CC(O)C(F)(F)F)CC2)c(-c2cccs2)nc2ccccc12)C1CCCCC1. The Bertz CT molecular complexity index is 1380. The van der Waals surface area contributed by atoms with E-state index in [9.17, 15) is 27.9 Å². The van der Waals surface area contributed by atoms with E-state index in [0.29, 0.717) is 31.1 Å². The molecule has 3 aromatic rings. The molecule has 5 rings (SSSR count). The molecule has 1 aliphatic heterocycles. The average molecular weight is 603 g/mol. The van der Waals surface area contributed by atoms with Crippen LogP contribution in [0.2, 0.25) is 0 Å². The summed E-state index contributed by atoms with van der Waals surface area (Å²) in [6, 6.07) is 11.6. The smallest absolute Gasteiger partial charge is 0.383 e. The van der Waals surface area contributed by atoms with Gasteiger partial charge in [-0.05, 0) is 43.2 Å². The van der Waals surface area contributed by atoms with Crippen LogP contribution in [0.25, 0.3) is 21.5 Å². The molecule has 2 unspecified atom stereocenters. The molecule has 1 aliphatic carbocycles. The lowest BCUT2D eigenvalue weighted by atomic mass is 9.84. The second kappa shape index (κ2) is 13.1. The third-order valence-electron chi connectivity index (χ3n) is 8.54. The monoisotopic (exact) mass is 602 g/mol. The van der Waals surface area contributed by atoms with Crippen LogP contribution in [0.5, 0.6) is 0 Å². The van der Waals surface area contributed by atoms with Crippen molar-refractivity contribution in [3.63, 3.8) is 0 Å². The lowest BCUT2D eigenvalue weighted by Gasteiger charge is -2.36. The number of hydrogen-bond acceptors (Lipinski definition) is 6. The Labute approximate surface area is 247 Å². The highest BCUT2D eigenvalue weighted by Crippen LogP contribution is 2.35. The summed E-state index contributed by atoms with van der Waals surface area (Å²) in [6.45, 7) is 3.80. The van der Waals surface area contributed by atoms with Crippen molar-refractivity contribution >= 4 is 34.1 Å². The van der Waals surface area contributed by atoms with Crippen LogP contribution in [0.15, 0.2) is 41.8 Å². The van der Waals surface area contributed by atoms with E-state index in [0.717, 1.165) is 39.9 Å². The molecular weight excluding hydrogens is 565 g/mol. The largest absolute Gasteiger partial charge is 0.414 e. The standard InChI is InChI=1S/C31H37F3N4O3S/c1-20(21-8-3-2-4-9-21)35-30(41)28-22-10-5-6-11-24(22)36-29(25-12-7-17-42-25)23(28)19-37-13-15-38(16-14-37)27(40)18-26(39)31(32,33)34/h5-7,10-12,17,20-21,26,39H,2-4,8-9,13-16,18-19H2,1H3,(H,35,41). The van der Waals surface area contributed by atoms with Gasteiger partial charge in [0, 0.05) is 49.7 Å². The number of amides is 2. The topological polar surface area (TPSA) is 85.8 Å². The number of piperazine rings is 1. The second-order valence-corrected chi connectivity index (χ2v) is 12.3. The summed E-state index contributed by atoms with van der Waals surface area (Å²) >= 11 is 1.55. The molecule has 2 amide bonds. The number of fused-ring (bicyclic) bond motifs is 1. The van der Waals surface area contributed by atoms with Gasteiger partial charge in [-0.15, -0.1) is 11.3 Å². The summed E-state index contributed by atoms with van der Waals surface area (Å²) in [4.78, 5) is 36.0. The van der Waals surface area contributed by atoms with Crippen molar-refractivity contribution in [3.8, 4) is 10.6 Å². The molecule has 2 atom stereocenters. The Morgan fingerprint density at radius 2 is 1.79 bits per heavy atom. The highest BCUT2D eigenvalue weighted by Gasteiger charge is 2.40. The van der Waals surface area contributed by atoms with Crippen LogP contribution < -0.4 is 5.32 Å². The van der Waals surface area contributed by atoms with Gasteiger partial charge in [-0.25, -0.2) is 4.98 Å². The number of aliphatic hydroxyl groups is 1. The Morgan fingerprint density at radius 1 is 1.07 bits per heavy atom. The van der Waals surface area contributed by atoms with Gasteiger partial charge in [0.2, 0.25) is 5.91 Å². The van der Waals surface area contributed by atoms with Gasteiger partial charge in [-0.3, -0.25) is 14.5 Å². The maximum atomic E-state index is 14.1. The first kappa shape index (κ1) is 30.4. The van der Waals surface area contributed by atoms with Gasteiger partial charge in [-0.2, -0.15) is 13.2 Å². The van der Waals surface area contributed by atoms with E-state index < -0.39 is 24.6 Å². The first-order valence-electron chi connectivity index (χ1n) is 14.6. The van der Waals surface area contributed by atoms with Crippen LogP contribution in [0.4, 0.5) is 13.2 Å². The molecule has 1 saturated carbocycles. The van der Waals surface area contributed by atoms with Crippen molar-refractivity contribution in [1.29, 1.82) is 0 Å². The molecule has 3 heterocycles. The molecule has 226 valence electrons. The number of alkyl halides is 3. The number of nitrogens with one attached hydrogen (secondary N) is 1. The molecule has 2 N–H and O–H groups in total. The van der Waals surface area contributed by atoms with Crippen molar-refractivity contribution in [2.75, 3.05) is 26.2 Å². The summed E-state index contributed by atoms with van der Waals surface area (Å²) in [6.07, 6.45) is -2.67. The number of benzene rings is 1. The van der Waals surface area contributed by atoms with Gasteiger partial charge >= 0.3 is 6.18 Å². The minimum Gasteiger partial charge on any atom is -0.383 e. The summed E-state index contributed by atoms with van der Waals surface area (Å²) in [7, 11) is 0. The van der Waals surface area contributed by atoms with Crippen LogP contribution >= 0.6 is 11.3 Å². The number of aliphatic hydroxyl groups excluding tert-OH is 1. The van der Waals surface area contributed by atoms with Crippen LogP contribution in [0.3, 0.4) is 0 Å². The Balaban J connectivity index is 1.42. The zero-order valence-corrected chi connectivity index (χ0v) is 24.5. The van der Waals surface area contributed by atoms with Crippen molar-refractivity contribution < 1.29 is 27.9 Å². The minimum absolute atomic E-state index is 0.0318. The minimum atomic E-state index is -4.83. The van der Waals surface area contributed by atoms with Crippen molar-refractivity contribution in [2.45, 2.75) is 70.3 Å². The van der Waals surface area contributed by atoms with E-state index in [-0.39, 0.29) is 25.0 Å². The number of aromatic nitrogens is 1. The van der Waals surface area contributed by atoms with E-state index in [4.69, 9.17) is 4.98 Å². The summed E-state index contributed by atoms with van der Waals surface area (Å²) in [5.74, 6) is -0.408. The summed E-state index contributed by atoms with van der Waals surface area (Å²) in [5.41, 5.74) is 2.87. The molecule has 2 aliphatic rings. The third kappa shape index (κ3) is 6.95. The first-order valence-corrected chi connectivity index (χ1v) is 15.5. The zero-order valence-electron chi connectivity index (χ0n) is 23.7. The summed E-state index contributed by atoms with van der Waals surface area (Å²) in [5, 5.41) is 15.4. The van der Waals surface area contributed by atoms with Gasteiger partial charge in [0.1, 0.15) is 0 Å². The summed E-state index contributed by atoms with van der Waals surface area (Å²) < 4.78 is 38.3. The molecule has 11 heteroatoms. The number of nitrogens with zero attached hydrogens (tertiary/aromatic N) is 3. The molecule has 7 nitrogen and oxygen atoms in total. The van der Waals surface area contributed by atoms with E-state index in [2.05, 4.69) is 17.1 Å². The Morgan fingerprint density at radius 3 is 2.45 bits per heavy atom. The molecule has 0 bridgehead atoms. The second-order valence-electron chi connectivity index (χ2n) is 11.4. The predicted molar refractivity (Wildman–Crippen MR) is 157 cm³/mol. The Kier molecular flexibility index (Phi) is 9.49. The van der Waals surface area contributed by atoms with E-state index in [1.807, 2.05) is 41.8 Å². The van der Waals surface area contributed by atoms with Crippen LogP contribution in [-0.2, 0) is 11.3 Å². The fourth-order valence-corrected chi connectivity index (χ4v) is 6.84. The number of carbonyl (C=O) groups excluding carboxylic acids is 2. The highest BCUT2D eigenvalue weighted by atomic mass is 32.1. The molecule has 1 aromatic carbocycles. The van der Waals surface area contributed by atoms with Gasteiger partial charge in [0.15, 0.2) is 6.10 Å². The van der Waals surface area contributed by atoms with Gasteiger partial charge in [0.25, 0.3) is 5.91 Å². The van der Waals surface area contributed by atoms with E-state index >= 15 is 0 Å². The average Bonchev–Trinajstić information content (AvgIpc) is 3.52. The Hall–Kier alpha value is -3.02. The van der Waals surface area contributed by atoms with Crippen molar-refractivity contribution in [3.05, 3.63) is 52.9 Å². The number of rotatable bonds is 8. The van der Waals surface area contributed by atoms with Crippen LogP contribution in [0, 0.1) is 5.92 Å². The fourth-order valence-electron chi connectivity index (χ4n) is 6.10. The molecule has 0 spiro atoms. The van der Waals surface area contributed by atoms with E-state index in [1.165, 1.54) is 24.2 Å². The molecule has 2 fully saturated rings. The maximum absolute atomic E-state index is 14.1. The fraction of sp³-hybridized carbons (Fsp3) is 0.516. The number of thiophene rings is 1. The molecule has 2 aromatic heterocycles. The third-order valence-corrected chi connectivity index (χ3v) is 9.42. The van der Waals surface area contributed by atoms with Crippen molar-refractivity contribution in [2.24, 2.45) is 5.92 Å². The van der Waals surface area contributed by atoms with Gasteiger partial charge in [0.05, 0.1) is 28.1 Å². The number of carbonyl (C=O) groups is 2. The number of halogens is 3. The molecular formula is C31H37F3N4O3S. The first-order chi connectivity index (χ1) is 20.1.